The zero-order chi connectivity index (χ0) is 10.7. The van der Waals surface area contributed by atoms with Crippen LogP contribution < -0.4 is 5.73 Å². The highest BCUT2D eigenvalue weighted by Gasteiger charge is 2.09. The second-order valence-electron chi connectivity index (χ2n) is 3.88. The zero-order valence-corrected chi connectivity index (χ0v) is 10.6. The lowest BCUT2D eigenvalue weighted by atomic mass is 9.96. The van der Waals surface area contributed by atoms with E-state index in [1.165, 1.54) is 15.6 Å². The quantitative estimate of drug-likeness (QED) is 0.869. The molecule has 0 aromatic heterocycles. The van der Waals surface area contributed by atoms with Gasteiger partial charge in [-0.25, -0.2) is 0 Å². The maximum Gasteiger partial charge on any atom is 0.0266 e. The van der Waals surface area contributed by atoms with Crippen LogP contribution in [-0.4, -0.2) is 0 Å². The minimum absolute atomic E-state index is 0.109. The SMILES string of the molecule is CCC(C)c1ccc(C(C)N)cc1Br. The average molecular weight is 256 g/mol. The first kappa shape index (κ1) is 11.7. The summed E-state index contributed by atoms with van der Waals surface area (Å²) in [5.41, 5.74) is 8.38. The molecule has 0 aliphatic heterocycles. The summed E-state index contributed by atoms with van der Waals surface area (Å²) in [6.07, 6.45) is 1.16. The summed E-state index contributed by atoms with van der Waals surface area (Å²) in [7, 11) is 0. The summed E-state index contributed by atoms with van der Waals surface area (Å²) >= 11 is 3.60. The second kappa shape index (κ2) is 4.94. The lowest BCUT2D eigenvalue weighted by molar-refractivity contribution is 0.727. The topological polar surface area (TPSA) is 26.0 Å². The normalized spacial score (nSPS) is 15.2. The third-order valence-electron chi connectivity index (χ3n) is 2.69. The molecule has 78 valence electrons. The molecule has 0 saturated carbocycles. The molecule has 0 fully saturated rings. The summed E-state index contributed by atoms with van der Waals surface area (Å²) < 4.78 is 1.18. The van der Waals surface area contributed by atoms with Crippen LogP contribution in [0.5, 0.6) is 0 Å². The predicted octanol–water partition coefficient (Wildman–Crippen LogP) is 3.98. The molecule has 2 unspecified atom stereocenters. The first-order valence-electron chi connectivity index (χ1n) is 5.11. The van der Waals surface area contributed by atoms with E-state index in [0.717, 1.165) is 6.42 Å². The van der Waals surface area contributed by atoms with E-state index in [9.17, 15) is 0 Å². The summed E-state index contributed by atoms with van der Waals surface area (Å²) in [6, 6.07) is 6.54. The number of halogens is 1. The summed E-state index contributed by atoms with van der Waals surface area (Å²) in [5, 5.41) is 0. The Morgan fingerprint density at radius 1 is 1.36 bits per heavy atom. The van der Waals surface area contributed by atoms with Crippen LogP contribution in [0, 0.1) is 0 Å². The molecule has 0 radical (unpaired) electrons. The van der Waals surface area contributed by atoms with Gasteiger partial charge in [0.05, 0.1) is 0 Å². The van der Waals surface area contributed by atoms with Crippen LogP contribution in [0.25, 0.3) is 0 Å². The van der Waals surface area contributed by atoms with Gasteiger partial charge in [-0.05, 0) is 36.5 Å². The number of benzene rings is 1. The molecule has 0 heterocycles. The minimum atomic E-state index is 0.109. The molecule has 1 aromatic carbocycles. The van der Waals surface area contributed by atoms with E-state index in [0.29, 0.717) is 5.92 Å². The monoisotopic (exact) mass is 255 g/mol. The maximum atomic E-state index is 5.82. The van der Waals surface area contributed by atoms with Crippen LogP contribution in [0.4, 0.5) is 0 Å². The van der Waals surface area contributed by atoms with Crippen molar-refractivity contribution >= 4 is 15.9 Å². The van der Waals surface area contributed by atoms with Gasteiger partial charge in [-0.15, -0.1) is 0 Å². The first-order chi connectivity index (χ1) is 6.56. The molecule has 2 N–H and O–H groups in total. The highest BCUT2D eigenvalue weighted by Crippen LogP contribution is 2.29. The van der Waals surface area contributed by atoms with Crippen LogP contribution in [-0.2, 0) is 0 Å². The van der Waals surface area contributed by atoms with Crippen molar-refractivity contribution in [2.75, 3.05) is 0 Å². The lowest BCUT2D eigenvalue weighted by Crippen LogP contribution is -2.05. The van der Waals surface area contributed by atoms with Crippen molar-refractivity contribution in [3.63, 3.8) is 0 Å². The molecule has 0 bridgehead atoms. The molecule has 0 spiro atoms. The molecule has 0 saturated heterocycles. The zero-order valence-electron chi connectivity index (χ0n) is 9.05. The lowest BCUT2D eigenvalue weighted by Gasteiger charge is -2.14. The molecular weight excluding hydrogens is 238 g/mol. The van der Waals surface area contributed by atoms with Crippen molar-refractivity contribution in [3.05, 3.63) is 33.8 Å². The molecule has 0 amide bonds. The van der Waals surface area contributed by atoms with E-state index in [1.807, 2.05) is 6.92 Å². The van der Waals surface area contributed by atoms with E-state index in [2.05, 4.69) is 48.0 Å². The highest BCUT2D eigenvalue weighted by molar-refractivity contribution is 9.10. The maximum absolute atomic E-state index is 5.82. The van der Waals surface area contributed by atoms with Gasteiger partial charge in [0, 0.05) is 10.5 Å². The van der Waals surface area contributed by atoms with Crippen LogP contribution in [0.2, 0.25) is 0 Å². The van der Waals surface area contributed by atoms with E-state index in [1.54, 1.807) is 0 Å². The van der Waals surface area contributed by atoms with Crippen molar-refractivity contribution in [3.8, 4) is 0 Å². The van der Waals surface area contributed by atoms with E-state index in [-0.39, 0.29) is 6.04 Å². The number of hydrogen-bond acceptors (Lipinski definition) is 1. The Morgan fingerprint density at radius 2 is 2.00 bits per heavy atom. The first-order valence-corrected chi connectivity index (χ1v) is 5.90. The third-order valence-corrected chi connectivity index (χ3v) is 3.38. The Labute approximate surface area is 94.8 Å². The van der Waals surface area contributed by atoms with Crippen molar-refractivity contribution in [2.45, 2.75) is 39.2 Å². The fourth-order valence-corrected chi connectivity index (χ4v) is 2.23. The Balaban J connectivity index is 3.01. The standard InChI is InChI=1S/C12H18BrN/c1-4-8(2)11-6-5-10(9(3)14)7-12(11)13/h5-9H,4,14H2,1-3H3. The van der Waals surface area contributed by atoms with E-state index in [4.69, 9.17) is 5.73 Å². The Hall–Kier alpha value is -0.340. The van der Waals surface area contributed by atoms with Crippen LogP contribution in [0.15, 0.2) is 22.7 Å². The van der Waals surface area contributed by atoms with Crippen molar-refractivity contribution in [1.82, 2.24) is 0 Å². The van der Waals surface area contributed by atoms with Crippen molar-refractivity contribution in [2.24, 2.45) is 5.73 Å². The molecule has 2 heteroatoms. The predicted molar refractivity (Wildman–Crippen MR) is 65.5 cm³/mol. The van der Waals surface area contributed by atoms with Gasteiger partial charge in [-0.3, -0.25) is 0 Å². The Bertz CT molecular complexity index is 307. The van der Waals surface area contributed by atoms with Crippen LogP contribution in [0.1, 0.15) is 50.3 Å². The molecule has 0 aliphatic rings. The molecule has 0 aliphatic carbocycles. The second-order valence-corrected chi connectivity index (χ2v) is 4.73. The van der Waals surface area contributed by atoms with Gasteiger partial charge < -0.3 is 5.73 Å². The van der Waals surface area contributed by atoms with Crippen molar-refractivity contribution in [1.29, 1.82) is 0 Å². The number of hydrogen-bond donors (Lipinski definition) is 1. The smallest absolute Gasteiger partial charge is 0.0266 e. The molecule has 1 rings (SSSR count). The Kier molecular flexibility index (Phi) is 4.14. The van der Waals surface area contributed by atoms with Crippen molar-refractivity contribution < 1.29 is 0 Å². The Morgan fingerprint density at radius 3 is 2.43 bits per heavy atom. The van der Waals surface area contributed by atoms with Gasteiger partial charge in [0.1, 0.15) is 0 Å². The fourth-order valence-electron chi connectivity index (χ4n) is 1.45. The summed E-state index contributed by atoms with van der Waals surface area (Å²) in [6.45, 7) is 6.45. The third kappa shape index (κ3) is 2.58. The minimum Gasteiger partial charge on any atom is -0.324 e. The summed E-state index contributed by atoms with van der Waals surface area (Å²) in [5.74, 6) is 0.603. The van der Waals surface area contributed by atoms with Gasteiger partial charge in [0.15, 0.2) is 0 Å². The highest BCUT2D eigenvalue weighted by atomic mass is 79.9. The fraction of sp³-hybridized carbons (Fsp3) is 0.500. The van der Waals surface area contributed by atoms with Crippen LogP contribution in [0.3, 0.4) is 0 Å². The molecular formula is C12H18BrN. The van der Waals surface area contributed by atoms with Gasteiger partial charge in [-0.1, -0.05) is 41.9 Å². The van der Waals surface area contributed by atoms with E-state index >= 15 is 0 Å². The molecule has 1 nitrogen and oxygen atoms in total. The molecule has 2 atom stereocenters. The molecule has 14 heavy (non-hydrogen) atoms. The van der Waals surface area contributed by atoms with Gasteiger partial charge >= 0.3 is 0 Å². The van der Waals surface area contributed by atoms with Crippen LogP contribution >= 0.6 is 15.9 Å². The molecule has 1 aromatic rings. The summed E-state index contributed by atoms with van der Waals surface area (Å²) in [4.78, 5) is 0. The van der Waals surface area contributed by atoms with Gasteiger partial charge in [-0.2, -0.15) is 0 Å². The number of rotatable bonds is 3. The van der Waals surface area contributed by atoms with E-state index < -0.39 is 0 Å². The average Bonchev–Trinajstić information content (AvgIpc) is 2.16. The van der Waals surface area contributed by atoms with Gasteiger partial charge in [0.25, 0.3) is 0 Å². The largest absolute Gasteiger partial charge is 0.324 e. The van der Waals surface area contributed by atoms with Gasteiger partial charge in [0.2, 0.25) is 0 Å². The number of nitrogens with two attached hydrogens (primary N) is 1.